The summed E-state index contributed by atoms with van der Waals surface area (Å²) < 4.78 is 11.1. The molecule has 2 aromatic rings. The van der Waals surface area contributed by atoms with Gasteiger partial charge in [0.05, 0.1) is 32.5 Å². The van der Waals surface area contributed by atoms with E-state index in [1.807, 2.05) is 18.2 Å². The summed E-state index contributed by atoms with van der Waals surface area (Å²) in [6.45, 7) is 11.6. The summed E-state index contributed by atoms with van der Waals surface area (Å²) in [4.78, 5) is 18.2. The molecule has 0 saturated carbocycles. The van der Waals surface area contributed by atoms with Crippen molar-refractivity contribution in [2.45, 2.75) is 33.2 Å². The van der Waals surface area contributed by atoms with Gasteiger partial charge in [-0.05, 0) is 55.3 Å². The van der Waals surface area contributed by atoms with Gasteiger partial charge in [0.15, 0.2) is 0 Å². The molecule has 0 radical (unpaired) electrons. The molecule has 1 fully saturated rings. The van der Waals surface area contributed by atoms with Crippen molar-refractivity contribution in [3.8, 4) is 11.5 Å². The van der Waals surface area contributed by atoms with Gasteiger partial charge in [-0.3, -0.25) is 9.69 Å². The van der Waals surface area contributed by atoms with E-state index in [0.29, 0.717) is 18.7 Å². The number of aryl methyl sites for hydroxylation is 2. The van der Waals surface area contributed by atoms with Gasteiger partial charge in [0.25, 0.3) is 5.91 Å². The molecule has 0 bridgehead atoms. The monoisotopic (exact) mass is 464 g/mol. The first-order valence-corrected chi connectivity index (χ1v) is 12.1. The number of hydrogen-bond acceptors (Lipinski definition) is 6. The van der Waals surface area contributed by atoms with Crippen molar-refractivity contribution in [2.75, 3.05) is 53.5 Å². The molecule has 1 saturated heterocycles. The van der Waals surface area contributed by atoms with Crippen LogP contribution in [0, 0.1) is 13.8 Å². The number of ether oxygens (including phenoxy) is 2. The Hall–Kier alpha value is -2.90. The zero-order chi connectivity index (χ0) is 24.2. The molecule has 182 valence electrons. The zero-order valence-corrected chi connectivity index (χ0v) is 21.0. The van der Waals surface area contributed by atoms with Crippen LogP contribution >= 0.6 is 0 Å². The molecule has 4 rings (SSSR count). The Morgan fingerprint density at radius 1 is 0.971 bits per heavy atom. The van der Waals surface area contributed by atoms with Gasteiger partial charge in [0.1, 0.15) is 11.5 Å². The molecule has 7 nitrogen and oxygen atoms in total. The molecule has 1 amide bonds. The number of methoxy groups -OCH3 is 2. The molecule has 7 heteroatoms. The Kier molecular flexibility index (Phi) is 7.54. The van der Waals surface area contributed by atoms with Crippen molar-refractivity contribution in [1.29, 1.82) is 0 Å². The highest BCUT2D eigenvalue weighted by molar-refractivity contribution is 6.03. The van der Waals surface area contributed by atoms with Crippen LogP contribution in [0.3, 0.4) is 0 Å². The average Bonchev–Trinajstić information content (AvgIpc) is 3.31. The van der Waals surface area contributed by atoms with Crippen LogP contribution in [0.2, 0.25) is 0 Å². The molecule has 1 unspecified atom stereocenters. The van der Waals surface area contributed by atoms with Gasteiger partial charge in [-0.15, -0.1) is 0 Å². The number of rotatable bonds is 7. The van der Waals surface area contributed by atoms with E-state index in [1.54, 1.807) is 19.2 Å². The lowest BCUT2D eigenvalue weighted by atomic mass is 9.96. The van der Waals surface area contributed by atoms with E-state index in [-0.39, 0.29) is 11.9 Å². The third kappa shape index (κ3) is 5.10. The van der Waals surface area contributed by atoms with Crippen molar-refractivity contribution in [3.05, 3.63) is 58.7 Å². The standard InChI is InChI=1S/C27H36N4O3/c1-6-29-11-13-30(14-12-29)18-27(32)31-25(23-10-9-22(33-4)16-26(23)34-5)17-24(28-31)21-8-7-19(2)20(3)15-21/h7-10,15-16,25H,6,11-14,17-18H2,1-5H3. The average molecular weight is 465 g/mol. The number of benzene rings is 2. The highest BCUT2D eigenvalue weighted by Gasteiger charge is 2.36. The van der Waals surface area contributed by atoms with Gasteiger partial charge in [-0.2, -0.15) is 5.10 Å². The second-order valence-electron chi connectivity index (χ2n) is 9.12. The minimum Gasteiger partial charge on any atom is -0.497 e. The molecule has 1 atom stereocenters. The first kappa shape index (κ1) is 24.2. The minimum absolute atomic E-state index is 0.0200. The molecular weight excluding hydrogens is 428 g/mol. The fraction of sp³-hybridized carbons (Fsp3) is 0.481. The van der Waals surface area contributed by atoms with Crippen LogP contribution in [0.4, 0.5) is 0 Å². The molecule has 2 aromatic carbocycles. The maximum absolute atomic E-state index is 13.6. The summed E-state index contributed by atoms with van der Waals surface area (Å²) >= 11 is 0. The molecular formula is C27H36N4O3. The lowest BCUT2D eigenvalue weighted by molar-refractivity contribution is -0.134. The Bertz CT molecular complexity index is 1060. The Labute approximate surface area is 202 Å². The van der Waals surface area contributed by atoms with Crippen LogP contribution in [0.25, 0.3) is 0 Å². The summed E-state index contributed by atoms with van der Waals surface area (Å²) in [6.07, 6.45) is 0.639. The highest BCUT2D eigenvalue weighted by atomic mass is 16.5. The number of hydrogen-bond donors (Lipinski definition) is 0. The Morgan fingerprint density at radius 3 is 2.35 bits per heavy atom. The van der Waals surface area contributed by atoms with E-state index in [4.69, 9.17) is 14.6 Å². The van der Waals surface area contributed by atoms with Crippen molar-refractivity contribution in [3.63, 3.8) is 0 Å². The predicted octanol–water partition coefficient (Wildman–Crippen LogP) is 3.64. The number of piperazine rings is 1. The van der Waals surface area contributed by atoms with Gasteiger partial charge < -0.3 is 14.4 Å². The first-order valence-electron chi connectivity index (χ1n) is 12.1. The number of likely N-dealkylation sites (N-methyl/N-ethyl adjacent to an activating group) is 1. The summed E-state index contributed by atoms with van der Waals surface area (Å²) in [5, 5.41) is 6.56. The number of carbonyl (C=O) groups is 1. The van der Waals surface area contributed by atoms with Gasteiger partial charge in [0.2, 0.25) is 0 Å². The smallest absolute Gasteiger partial charge is 0.257 e. The second kappa shape index (κ2) is 10.6. The molecule has 0 aliphatic carbocycles. The van der Waals surface area contributed by atoms with E-state index < -0.39 is 0 Å². The molecule has 2 heterocycles. The number of carbonyl (C=O) groups excluding carboxylic acids is 1. The summed E-state index contributed by atoms with van der Waals surface area (Å²) in [5.41, 5.74) is 5.39. The van der Waals surface area contributed by atoms with Crippen LogP contribution in [0.5, 0.6) is 11.5 Å². The normalized spacial score (nSPS) is 19.3. The van der Waals surface area contributed by atoms with Crippen LogP contribution < -0.4 is 9.47 Å². The van der Waals surface area contributed by atoms with Crippen LogP contribution in [-0.2, 0) is 4.79 Å². The maximum atomic E-state index is 13.6. The molecule has 2 aliphatic heterocycles. The lowest BCUT2D eigenvalue weighted by Crippen LogP contribution is -2.49. The molecule has 0 aromatic heterocycles. The van der Waals surface area contributed by atoms with E-state index in [1.165, 1.54) is 11.1 Å². The first-order chi connectivity index (χ1) is 16.4. The van der Waals surface area contributed by atoms with Crippen molar-refractivity contribution < 1.29 is 14.3 Å². The van der Waals surface area contributed by atoms with Crippen LogP contribution in [-0.4, -0.2) is 79.9 Å². The maximum Gasteiger partial charge on any atom is 0.257 e. The van der Waals surface area contributed by atoms with Crippen LogP contribution in [0.1, 0.15) is 41.6 Å². The fourth-order valence-electron chi connectivity index (χ4n) is 4.70. The van der Waals surface area contributed by atoms with Gasteiger partial charge in [0, 0.05) is 44.2 Å². The lowest BCUT2D eigenvalue weighted by Gasteiger charge is -2.34. The quantitative estimate of drug-likeness (QED) is 0.626. The third-order valence-electron chi connectivity index (χ3n) is 7.08. The molecule has 34 heavy (non-hydrogen) atoms. The van der Waals surface area contributed by atoms with Gasteiger partial charge in [-0.1, -0.05) is 19.1 Å². The van der Waals surface area contributed by atoms with E-state index >= 15 is 0 Å². The zero-order valence-electron chi connectivity index (χ0n) is 21.0. The summed E-state index contributed by atoms with van der Waals surface area (Å²) in [6, 6.07) is 11.9. The van der Waals surface area contributed by atoms with Gasteiger partial charge >= 0.3 is 0 Å². The minimum atomic E-state index is -0.220. The number of nitrogens with zero attached hydrogens (tertiary/aromatic N) is 4. The van der Waals surface area contributed by atoms with Crippen molar-refractivity contribution >= 4 is 11.6 Å². The molecule has 0 N–H and O–H groups in total. The van der Waals surface area contributed by atoms with Gasteiger partial charge in [-0.25, -0.2) is 5.01 Å². The SMILES string of the molecule is CCN1CCN(CC(=O)N2N=C(c3ccc(C)c(C)c3)CC2c2ccc(OC)cc2OC)CC1. The molecule has 0 spiro atoms. The summed E-state index contributed by atoms with van der Waals surface area (Å²) in [5.74, 6) is 1.45. The highest BCUT2D eigenvalue weighted by Crippen LogP contribution is 2.39. The fourth-order valence-corrected chi connectivity index (χ4v) is 4.70. The van der Waals surface area contributed by atoms with Crippen molar-refractivity contribution in [2.24, 2.45) is 5.10 Å². The van der Waals surface area contributed by atoms with E-state index in [9.17, 15) is 4.79 Å². The molecule has 2 aliphatic rings. The topological polar surface area (TPSA) is 57.6 Å². The predicted molar refractivity (Wildman–Crippen MR) is 135 cm³/mol. The largest absolute Gasteiger partial charge is 0.497 e. The third-order valence-corrected chi connectivity index (χ3v) is 7.08. The number of hydrazone groups is 1. The second-order valence-corrected chi connectivity index (χ2v) is 9.12. The Balaban J connectivity index is 1.63. The van der Waals surface area contributed by atoms with Crippen molar-refractivity contribution in [1.82, 2.24) is 14.8 Å². The van der Waals surface area contributed by atoms with E-state index in [0.717, 1.165) is 55.3 Å². The van der Waals surface area contributed by atoms with E-state index in [2.05, 4.69) is 48.8 Å². The van der Waals surface area contributed by atoms with Crippen LogP contribution in [0.15, 0.2) is 41.5 Å². The number of amides is 1. The summed E-state index contributed by atoms with van der Waals surface area (Å²) in [7, 11) is 3.29. The Morgan fingerprint density at radius 2 is 1.71 bits per heavy atom.